The van der Waals surface area contributed by atoms with E-state index in [1.54, 1.807) is 0 Å². The second kappa shape index (κ2) is 12.9. The van der Waals surface area contributed by atoms with E-state index in [9.17, 15) is 0 Å². The van der Waals surface area contributed by atoms with Gasteiger partial charge in [-0.05, 0) is 84.9 Å². The topological polar surface area (TPSA) is 30.7 Å². The highest BCUT2D eigenvalue weighted by atomic mass is 32.1. The Kier molecular flexibility index (Phi) is 7.18. The van der Waals surface area contributed by atoms with Gasteiger partial charge >= 0.3 is 0 Å². The van der Waals surface area contributed by atoms with Gasteiger partial charge in [-0.3, -0.25) is 4.57 Å². The predicted molar refractivity (Wildman–Crippen MR) is 256 cm³/mol. The van der Waals surface area contributed by atoms with E-state index in [0.717, 1.165) is 33.2 Å². The number of nitrogens with zero attached hydrogens (tertiary/aromatic N) is 3. The lowest BCUT2D eigenvalue weighted by Gasteiger charge is -2.15. The molecular formula is C56H33N3S. The van der Waals surface area contributed by atoms with Crippen molar-refractivity contribution in [2.24, 2.45) is 0 Å². The minimum atomic E-state index is 0.648. The summed E-state index contributed by atoms with van der Waals surface area (Å²) in [6.45, 7) is 0. The second-order valence-corrected chi connectivity index (χ2v) is 16.7. The number of hydrogen-bond donors (Lipinski definition) is 0. The molecule has 0 atom stereocenters. The number of fused-ring (bicyclic) bond motifs is 13. The minimum absolute atomic E-state index is 0.648. The molecule has 0 fully saturated rings. The molecule has 0 spiro atoms. The number of aromatic nitrogens is 3. The Morgan fingerprint density at radius 2 is 0.867 bits per heavy atom. The van der Waals surface area contributed by atoms with Crippen LogP contribution in [0, 0.1) is 0 Å². The van der Waals surface area contributed by atoms with Crippen molar-refractivity contribution < 1.29 is 0 Å². The molecule has 3 nitrogen and oxygen atoms in total. The van der Waals surface area contributed by atoms with Crippen LogP contribution in [0.1, 0.15) is 0 Å². The van der Waals surface area contributed by atoms with Crippen molar-refractivity contribution in [3.05, 3.63) is 200 Å². The lowest BCUT2D eigenvalue weighted by molar-refractivity contribution is 1.02. The lowest BCUT2D eigenvalue weighted by Crippen LogP contribution is -2.04. The summed E-state index contributed by atoms with van der Waals surface area (Å²) in [5.41, 5.74) is 9.81. The predicted octanol–water partition coefficient (Wildman–Crippen LogP) is 15.6. The summed E-state index contributed by atoms with van der Waals surface area (Å²) in [7, 11) is 0. The molecule has 0 N–H and O–H groups in total. The zero-order chi connectivity index (χ0) is 39.3. The molecule has 0 aliphatic rings. The number of benzene rings is 10. The van der Waals surface area contributed by atoms with E-state index in [1.165, 1.54) is 85.5 Å². The second-order valence-electron chi connectivity index (χ2n) is 15.6. The normalized spacial score (nSPS) is 12.0. The van der Waals surface area contributed by atoms with Gasteiger partial charge in [0.2, 0.25) is 5.95 Å². The van der Waals surface area contributed by atoms with Crippen LogP contribution in [0.15, 0.2) is 200 Å². The molecule has 0 bridgehead atoms. The molecule has 0 unspecified atom stereocenters. The van der Waals surface area contributed by atoms with Gasteiger partial charge in [-0.25, -0.2) is 9.97 Å². The van der Waals surface area contributed by atoms with Crippen LogP contribution in [0.25, 0.3) is 125 Å². The van der Waals surface area contributed by atoms with Gasteiger partial charge in [0.15, 0.2) is 0 Å². The molecule has 0 aliphatic heterocycles. The molecule has 13 rings (SSSR count). The van der Waals surface area contributed by atoms with Crippen molar-refractivity contribution in [2.75, 3.05) is 0 Å². The van der Waals surface area contributed by atoms with Gasteiger partial charge in [0, 0.05) is 41.9 Å². The van der Waals surface area contributed by atoms with Gasteiger partial charge in [-0.15, -0.1) is 11.3 Å². The van der Waals surface area contributed by atoms with Gasteiger partial charge in [0.05, 0.1) is 22.2 Å². The Bertz CT molecular complexity index is 3740. The zero-order valence-corrected chi connectivity index (χ0v) is 33.1. The molecule has 10 aromatic carbocycles. The molecule has 13 aromatic rings. The van der Waals surface area contributed by atoms with Gasteiger partial charge < -0.3 is 0 Å². The molecule has 0 aliphatic carbocycles. The van der Waals surface area contributed by atoms with Crippen molar-refractivity contribution in [3.8, 4) is 39.5 Å². The van der Waals surface area contributed by atoms with E-state index in [4.69, 9.17) is 9.97 Å². The van der Waals surface area contributed by atoms with Gasteiger partial charge in [0.25, 0.3) is 0 Å². The van der Waals surface area contributed by atoms with Crippen LogP contribution in [0.2, 0.25) is 0 Å². The fourth-order valence-electron chi connectivity index (χ4n) is 9.78. The number of hydrogen-bond acceptors (Lipinski definition) is 3. The third-order valence-corrected chi connectivity index (χ3v) is 13.6. The first-order chi connectivity index (χ1) is 29.8. The molecule has 0 saturated carbocycles. The van der Waals surface area contributed by atoms with E-state index in [-0.39, 0.29) is 0 Å². The third kappa shape index (κ3) is 4.83. The Hall–Kier alpha value is -7.66. The quantitative estimate of drug-likeness (QED) is 0.178. The maximum Gasteiger partial charge on any atom is 0.235 e. The Morgan fingerprint density at radius 3 is 1.50 bits per heavy atom. The summed E-state index contributed by atoms with van der Waals surface area (Å²) in [4.78, 5) is 11.3. The van der Waals surface area contributed by atoms with Crippen molar-refractivity contribution >= 4 is 96.5 Å². The minimum Gasteiger partial charge on any atom is -0.278 e. The summed E-state index contributed by atoms with van der Waals surface area (Å²) in [5.74, 6) is 0.648. The van der Waals surface area contributed by atoms with E-state index in [2.05, 4.69) is 205 Å². The van der Waals surface area contributed by atoms with Crippen LogP contribution in [0.5, 0.6) is 0 Å². The largest absolute Gasteiger partial charge is 0.278 e. The van der Waals surface area contributed by atoms with E-state index in [1.807, 2.05) is 11.3 Å². The first kappa shape index (κ1) is 33.3. The van der Waals surface area contributed by atoms with E-state index in [0.29, 0.717) is 5.95 Å². The van der Waals surface area contributed by atoms with E-state index >= 15 is 0 Å². The average molecular weight is 780 g/mol. The Labute approximate surface area is 349 Å². The van der Waals surface area contributed by atoms with Crippen molar-refractivity contribution in [3.63, 3.8) is 0 Å². The molecular weight excluding hydrogens is 747 g/mol. The first-order valence-electron chi connectivity index (χ1n) is 20.4. The summed E-state index contributed by atoms with van der Waals surface area (Å²) in [6.07, 6.45) is 0. The van der Waals surface area contributed by atoms with Crippen LogP contribution in [-0.2, 0) is 0 Å². The smallest absolute Gasteiger partial charge is 0.235 e. The average Bonchev–Trinajstić information content (AvgIpc) is 3.88. The molecule has 0 amide bonds. The molecule has 0 saturated heterocycles. The molecule has 0 radical (unpaired) electrons. The van der Waals surface area contributed by atoms with Gasteiger partial charge in [-0.1, -0.05) is 170 Å². The molecule has 278 valence electrons. The maximum absolute atomic E-state index is 5.76. The molecule has 4 heteroatoms. The van der Waals surface area contributed by atoms with Gasteiger partial charge in [0.1, 0.15) is 0 Å². The van der Waals surface area contributed by atoms with Crippen molar-refractivity contribution in [1.82, 2.24) is 14.5 Å². The number of thiophene rings is 1. The third-order valence-electron chi connectivity index (χ3n) is 12.4. The summed E-state index contributed by atoms with van der Waals surface area (Å²) < 4.78 is 4.86. The summed E-state index contributed by atoms with van der Waals surface area (Å²) in [6, 6.07) is 72.4. The maximum atomic E-state index is 5.76. The van der Waals surface area contributed by atoms with Crippen molar-refractivity contribution in [2.45, 2.75) is 0 Å². The Morgan fingerprint density at radius 1 is 0.367 bits per heavy atom. The highest BCUT2D eigenvalue weighted by Crippen LogP contribution is 2.48. The zero-order valence-electron chi connectivity index (χ0n) is 32.3. The number of para-hydroxylation sites is 1. The van der Waals surface area contributed by atoms with Gasteiger partial charge in [-0.2, -0.15) is 0 Å². The molecule has 60 heavy (non-hydrogen) atoms. The first-order valence-corrected chi connectivity index (χ1v) is 21.2. The van der Waals surface area contributed by atoms with Crippen LogP contribution < -0.4 is 0 Å². The fraction of sp³-hybridized carbons (Fsp3) is 0. The van der Waals surface area contributed by atoms with Crippen LogP contribution in [0.3, 0.4) is 0 Å². The van der Waals surface area contributed by atoms with Crippen molar-refractivity contribution in [1.29, 1.82) is 0 Å². The summed E-state index contributed by atoms with van der Waals surface area (Å²) in [5, 5.41) is 13.3. The molecule has 3 aromatic heterocycles. The van der Waals surface area contributed by atoms with Crippen LogP contribution in [-0.4, -0.2) is 14.5 Å². The Balaban J connectivity index is 1.23. The van der Waals surface area contributed by atoms with E-state index < -0.39 is 0 Å². The summed E-state index contributed by atoms with van der Waals surface area (Å²) >= 11 is 1.85. The SMILES string of the molecule is c1ccc(-c2cc3c(c4ccccc24)c2c4ccccc4c(-c4ccccc4)cc2n3-c2nc(-c3cc4ccccc4c4c3sc3ccccc34)c3ccccc3n2)cc1. The van der Waals surface area contributed by atoms with Crippen LogP contribution >= 0.6 is 11.3 Å². The van der Waals surface area contributed by atoms with Crippen LogP contribution in [0.4, 0.5) is 0 Å². The highest BCUT2D eigenvalue weighted by Gasteiger charge is 2.25. The molecule has 3 heterocycles. The monoisotopic (exact) mass is 779 g/mol. The number of rotatable bonds is 4. The standard InChI is InChI=1S/C56H33N3S/c1-3-17-34(18-4-1)44-32-48-52(40-25-11-9-23-38(40)44)53-41-26-12-10-24-39(41)45(35-19-5-2-6-20-35)33-49(53)59(48)56-57-47-29-15-13-27-42(47)54(58-56)46-31-36-21-7-8-22-37(36)51-43-28-14-16-30-50(43)60-55(46)51/h1-33H. The fourth-order valence-corrected chi connectivity index (χ4v) is 11.0. The highest BCUT2D eigenvalue weighted by molar-refractivity contribution is 7.26. The lowest BCUT2D eigenvalue weighted by atomic mass is 9.92.